The van der Waals surface area contributed by atoms with Crippen LogP contribution in [0.4, 0.5) is 5.69 Å². The number of benzene rings is 2. The highest BCUT2D eigenvalue weighted by molar-refractivity contribution is 5.96. The van der Waals surface area contributed by atoms with Gasteiger partial charge in [0.05, 0.1) is 33.0 Å². The maximum atomic E-state index is 12.4. The number of ether oxygens (including phenoxy) is 5. The maximum Gasteiger partial charge on any atom is 0.338 e. The van der Waals surface area contributed by atoms with Crippen LogP contribution >= 0.6 is 0 Å². The van der Waals surface area contributed by atoms with Gasteiger partial charge in [0, 0.05) is 23.9 Å². The van der Waals surface area contributed by atoms with Gasteiger partial charge in [-0.1, -0.05) is 13.3 Å². The molecule has 0 aliphatic rings. The molecule has 2 aromatic rings. The molecule has 0 radical (unpaired) electrons. The molecule has 0 unspecified atom stereocenters. The van der Waals surface area contributed by atoms with Crippen molar-refractivity contribution in [1.29, 1.82) is 0 Å². The standard InChI is InChI=1S/C23H29NO7/c1-5-7-10-30-20-9-8-16(11-21(20)29-6-2)23(26)31-15-22(25)24-17-12-18(27-3)14-19(13-17)28-4/h8-9,11-14H,5-7,10,15H2,1-4H3,(H,24,25). The number of rotatable bonds is 12. The minimum Gasteiger partial charge on any atom is -0.497 e. The normalized spacial score (nSPS) is 10.2. The van der Waals surface area contributed by atoms with E-state index in [2.05, 4.69) is 12.2 Å². The fraction of sp³-hybridized carbons (Fsp3) is 0.391. The van der Waals surface area contributed by atoms with Gasteiger partial charge in [-0.05, 0) is 31.5 Å². The van der Waals surface area contributed by atoms with Crippen molar-refractivity contribution < 1.29 is 33.3 Å². The number of carbonyl (C=O) groups excluding carboxylic acids is 2. The molecule has 1 N–H and O–H groups in total. The van der Waals surface area contributed by atoms with E-state index in [1.807, 2.05) is 6.92 Å². The van der Waals surface area contributed by atoms with E-state index >= 15 is 0 Å². The molecule has 0 atom stereocenters. The zero-order chi connectivity index (χ0) is 22.6. The molecule has 2 rings (SSSR count). The van der Waals surface area contributed by atoms with Crippen LogP contribution in [0.3, 0.4) is 0 Å². The Balaban J connectivity index is 1.98. The van der Waals surface area contributed by atoms with Crippen LogP contribution in [0.2, 0.25) is 0 Å². The molecule has 0 saturated carbocycles. The topological polar surface area (TPSA) is 92.3 Å². The number of unbranched alkanes of at least 4 members (excludes halogenated alkanes) is 1. The maximum absolute atomic E-state index is 12.4. The Morgan fingerprint density at radius 2 is 1.61 bits per heavy atom. The van der Waals surface area contributed by atoms with E-state index in [0.29, 0.717) is 41.9 Å². The predicted molar refractivity (Wildman–Crippen MR) is 116 cm³/mol. The summed E-state index contributed by atoms with van der Waals surface area (Å²) in [7, 11) is 3.03. The molecule has 0 bridgehead atoms. The number of nitrogens with one attached hydrogen (secondary N) is 1. The zero-order valence-corrected chi connectivity index (χ0v) is 18.4. The highest BCUT2D eigenvalue weighted by Crippen LogP contribution is 2.29. The van der Waals surface area contributed by atoms with Gasteiger partial charge in [-0.25, -0.2) is 4.79 Å². The number of anilines is 1. The van der Waals surface area contributed by atoms with Crippen molar-refractivity contribution in [3.8, 4) is 23.0 Å². The molecule has 8 heteroatoms. The lowest BCUT2D eigenvalue weighted by molar-refractivity contribution is -0.119. The first-order valence-electron chi connectivity index (χ1n) is 10.1. The molecular formula is C23H29NO7. The number of carbonyl (C=O) groups is 2. The molecule has 8 nitrogen and oxygen atoms in total. The third kappa shape index (κ3) is 7.40. The van der Waals surface area contributed by atoms with Gasteiger partial charge in [0.2, 0.25) is 0 Å². The van der Waals surface area contributed by atoms with Crippen LogP contribution in [0, 0.1) is 0 Å². The lowest BCUT2D eigenvalue weighted by atomic mass is 10.2. The highest BCUT2D eigenvalue weighted by Gasteiger charge is 2.15. The summed E-state index contributed by atoms with van der Waals surface area (Å²) in [5.41, 5.74) is 0.728. The van der Waals surface area contributed by atoms with E-state index in [-0.39, 0.29) is 5.56 Å². The summed E-state index contributed by atoms with van der Waals surface area (Å²) in [6, 6.07) is 9.75. The Labute approximate surface area is 182 Å². The van der Waals surface area contributed by atoms with Crippen LogP contribution in [0.1, 0.15) is 37.0 Å². The number of methoxy groups -OCH3 is 2. The van der Waals surface area contributed by atoms with E-state index < -0.39 is 18.5 Å². The SMILES string of the molecule is CCCCOc1ccc(C(=O)OCC(=O)Nc2cc(OC)cc(OC)c2)cc1OCC. The van der Waals surface area contributed by atoms with Gasteiger partial charge in [0.1, 0.15) is 11.5 Å². The molecule has 0 spiro atoms. The molecule has 0 aliphatic carbocycles. The third-order valence-electron chi connectivity index (χ3n) is 4.20. The first-order chi connectivity index (χ1) is 15.0. The van der Waals surface area contributed by atoms with Gasteiger partial charge < -0.3 is 29.0 Å². The average molecular weight is 431 g/mol. The van der Waals surface area contributed by atoms with Crippen molar-refractivity contribution in [1.82, 2.24) is 0 Å². The van der Waals surface area contributed by atoms with Gasteiger partial charge >= 0.3 is 5.97 Å². The summed E-state index contributed by atoms with van der Waals surface area (Å²) in [6.45, 7) is 4.47. The summed E-state index contributed by atoms with van der Waals surface area (Å²) in [5.74, 6) is 0.942. The minimum atomic E-state index is -0.639. The Bertz CT molecular complexity index is 860. The van der Waals surface area contributed by atoms with Crippen LogP contribution in [0.25, 0.3) is 0 Å². The molecule has 2 aromatic carbocycles. The second-order valence-corrected chi connectivity index (χ2v) is 6.52. The summed E-state index contributed by atoms with van der Waals surface area (Å²) < 4.78 is 26.7. The van der Waals surface area contributed by atoms with Crippen molar-refractivity contribution in [2.45, 2.75) is 26.7 Å². The summed E-state index contributed by atoms with van der Waals surface area (Å²) in [4.78, 5) is 24.6. The monoisotopic (exact) mass is 431 g/mol. The minimum absolute atomic E-state index is 0.266. The van der Waals surface area contributed by atoms with E-state index in [9.17, 15) is 9.59 Å². The average Bonchev–Trinajstić information content (AvgIpc) is 2.78. The number of amides is 1. The highest BCUT2D eigenvalue weighted by atomic mass is 16.5. The molecule has 0 fully saturated rings. The van der Waals surface area contributed by atoms with Crippen molar-refractivity contribution >= 4 is 17.6 Å². The summed E-state index contributed by atoms with van der Waals surface area (Å²) in [6.07, 6.45) is 1.93. The van der Waals surface area contributed by atoms with E-state index in [1.165, 1.54) is 14.2 Å². The van der Waals surface area contributed by atoms with E-state index in [0.717, 1.165) is 12.8 Å². The molecule has 0 heterocycles. The largest absolute Gasteiger partial charge is 0.497 e. The molecule has 1 amide bonds. The van der Waals surface area contributed by atoms with Crippen molar-refractivity contribution in [2.24, 2.45) is 0 Å². The third-order valence-corrected chi connectivity index (χ3v) is 4.20. The van der Waals surface area contributed by atoms with Gasteiger partial charge in [-0.3, -0.25) is 4.79 Å². The van der Waals surface area contributed by atoms with E-state index in [4.69, 9.17) is 23.7 Å². The quantitative estimate of drug-likeness (QED) is 0.400. The first kappa shape index (κ1) is 23.9. The van der Waals surface area contributed by atoms with Crippen LogP contribution < -0.4 is 24.3 Å². The van der Waals surface area contributed by atoms with Gasteiger partial charge in [-0.15, -0.1) is 0 Å². The molecule has 168 valence electrons. The number of hydrogen-bond acceptors (Lipinski definition) is 7. The Morgan fingerprint density at radius 3 is 2.23 bits per heavy atom. The van der Waals surface area contributed by atoms with E-state index in [1.54, 1.807) is 36.4 Å². The van der Waals surface area contributed by atoms with Gasteiger partial charge in [0.15, 0.2) is 18.1 Å². The summed E-state index contributed by atoms with van der Waals surface area (Å²) >= 11 is 0. The van der Waals surface area contributed by atoms with Gasteiger partial charge in [0.25, 0.3) is 5.91 Å². The van der Waals surface area contributed by atoms with Crippen LogP contribution in [0.15, 0.2) is 36.4 Å². The molecule has 0 aromatic heterocycles. The van der Waals surface area contributed by atoms with Crippen molar-refractivity contribution in [3.05, 3.63) is 42.0 Å². The lowest BCUT2D eigenvalue weighted by Gasteiger charge is -2.13. The molecule has 0 saturated heterocycles. The first-order valence-corrected chi connectivity index (χ1v) is 10.1. The van der Waals surface area contributed by atoms with Crippen molar-refractivity contribution in [3.63, 3.8) is 0 Å². The Kier molecular flexibility index (Phi) is 9.48. The van der Waals surface area contributed by atoms with Crippen molar-refractivity contribution in [2.75, 3.05) is 39.4 Å². The second kappa shape index (κ2) is 12.3. The smallest absolute Gasteiger partial charge is 0.338 e. The van der Waals surface area contributed by atoms with Gasteiger partial charge in [-0.2, -0.15) is 0 Å². The fourth-order valence-corrected chi connectivity index (χ4v) is 2.64. The van der Waals surface area contributed by atoms with Crippen LogP contribution in [-0.2, 0) is 9.53 Å². The summed E-state index contributed by atoms with van der Waals surface area (Å²) in [5, 5.41) is 2.65. The van der Waals surface area contributed by atoms with Crippen LogP contribution in [-0.4, -0.2) is 45.9 Å². The predicted octanol–water partition coefficient (Wildman–Crippen LogP) is 4.08. The molecular weight excluding hydrogens is 402 g/mol. The van der Waals surface area contributed by atoms with Crippen LogP contribution in [0.5, 0.6) is 23.0 Å². The molecule has 0 aliphatic heterocycles. The lowest BCUT2D eigenvalue weighted by Crippen LogP contribution is -2.21. The number of esters is 1. The Morgan fingerprint density at radius 1 is 0.903 bits per heavy atom. The molecule has 31 heavy (non-hydrogen) atoms. The fourth-order valence-electron chi connectivity index (χ4n) is 2.64. The second-order valence-electron chi connectivity index (χ2n) is 6.52. The Hall–Kier alpha value is -3.42. The number of hydrogen-bond donors (Lipinski definition) is 1. The zero-order valence-electron chi connectivity index (χ0n) is 18.4.